The molecule has 0 aliphatic heterocycles. The van der Waals surface area contributed by atoms with Crippen LogP contribution in [0.15, 0.2) is 51.0 Å². The van der Waals surface area contributed by atoms with Gasteiger partial charge in [-0.2, -0.15) is 5.10 Å². The Morgan fingerprint density at radius 1 is 1.38 bits per heavy atom. The van der Waals surface area contributed by atoms with Crippen LogP contribution < -0.4 is 39.7 Å². The summed E-state index contributed by atoms with van der Waals surface area (Å²) in [5.74, 6) is 0.0609. The van der Waals surface area contributed by atoms with Gasteiger partial charge >= 0.3 is 29.6 Å². The number of nitrogens with zero attached hydrogens (tertiary/aromatic N) is 1. The minimum absolute atomic E-state index is 0. The summed E-state index contributed by atoms with van der Waals surface area (Å²) in [6.45, 7) is 1.66. The van der Waals surface area contributed by atoms with Crippen molar-refractivity contribution in [2.24, 2.45) is 5.10 Å². The van der Waals surface area contributed by atoms with Gasteiger partial charge in [0.2, 0.25) is 5.09 Å². The SMILES string of the molecule is Cc1cccc(OCC(=O)NN=Cc2ccc(S(=O)(=O)[O-])o2)c1.[Na+]. The van der Waals surface area contributed by atoms with Gasteiger partial charge in [0.25, 0.3) is 5.91 Å². The van der Waals surface area contributed by atoms with Crippen LogP contribution in [-0.2, 0) is 14.9 Å². The number of carbonyl (C=O) groups is 1. The van der Waals surface area contributed by atoms with E-state index in [1.165, 1.54) is 6.07 Å². The number of ether oxygens (including phenoxy) is 1. The van der Waals surface area contributed by atoms with Crippen molar-refractivity contribution in [1.29, 1.82) is 0 Å². The topological polar surface area (TPSA) is 121 Å². The monoisotopic (exact) mass is 360 g/mol. The van der Waals surface area contributed by atoms with Crippen LogP contribution in [0.3, 0.4) is 0 Å². The molecule has 8 nitrogen and oxygen atoms in total. The number of benzene rings is 1. The number of hydrogen-bond donors (Lipinski definition) is 1. The number of aryl methyl sites for hydroxylation is 1. The van der Waals surface area contributed by atoms with Gasteiger partial charge in [-0.15, -0.1) is 0 Å². The van der Waals surface area contributed by atoms with Crippen LogP contribution >= 0.6 is 0 Å². The Balaban J connectivity index is 0.00000288. The van der Waals surface area contributed by atoms with E-state index in [2.05, 4.69) is 10.5 Å². The van der Waals surface area contributed by atoms with Crippen molar-refractivity contribution in [3.63, 3.8) is 0 Å². The molecule has 10 heteroatoms. The predicted octanol–water partition coefficient (Wildman–Crippen LogP) is -1.97. The van der Waals surface area contributed by atoms with Crippen LogP contribution in [0.2, 0.25) is 0 Å². The van der Waals surface area contributed by atoms with Crippen LogP contribution in [-0.4, -0.2) is 31.7 Å². The zero-order valence-corrected chi connectivity index (χ0v) is 15.9. The molecule has 0 saturated heterocycles. The van der Waals surface area contributed by atoms with Gasteiger partial charge in [-0.25, -0.2) is 13.8 Å². The van der Waals surface area contributed by atoms with E-state index in [4.69, 9.17) is 9.15 Å². The summed E-state index contributed by atoms with van der Waals surface area (Å²) in [7, 11) is -4.65. The van der Waals surface area contributed by atoms with Gasteiger partial charge in [-0.1, -0.05) is 12.1 Å². The molecular weight excluding hydrogens is 347 g/mol. The summed E-state index contributed by atoms with van der Waals surface area (Å²) in [4.78, 5) is 11.5. The standard InChI is InChI=1S/C14H14N2O6S.Na/c1-10-3-2-4-11(7-10)21-9-13(17)16-15-8-12-5-6-14(22-12)23(18,19)20;/h2-8H,9H2,1H3,(H,16,17)(H,18,19,20);/q;+1/p-1. The van der Waals surface area contributed by atoms with Crippen LogP contribution in [0.1, 0.15) is 11.3 Å². The first-order valence-electron chi connectivity index (χ1n) is 6.42. The normalized spacial score (nSPS) is 11.1. The predicted molar refractivity (Wildman–Crippen MR) is 79.1 cm³/mol. The summed E-state index contributed by atoms with van der Waals surface area (Å²) >= 11 is 0. The minimum atomic E-state index is -4.65. The molecule has 1 amide bonds. The molecule has 0 bridgehead atoms. The average molecular weight is 360 g/mol. The summed E-state index contributed by atoms with van der Waals surface area (Å²) < 4.78 is 42.1. The van der Waals surface area contributed by atoms with Crippen molar-refractivity contribution in [3.8, 4) is 5.75 Å². The number of furan rings is 1. The molecule has 0 fully saturated rings. The molecule has 1 heterocycles. The number of rotatable bonds is 6. The van der Waals surface area contributed by atoms with Gasteiger partial charge in [0.15, 0.2) is 16.7 Å². The van der Waals surface area contributed by atoms with E-state index in [0.29, 0.717) is 5.75 Å². The molecule has 0 aliphatic rings. The molecule has 0 aliphatic carbocycles. The number of nitrogens with one attached hydrogen (secondary N) is 1. The third-order valence-electron chi connectivity index (χ3n) is 2.59. The third kappa shape index (κ3) is 6.46. The zero-order chi connectivity index (χ0) is 16.9. The molecule has 2 rings (SSSR count). The molecule has 24 heavy (non-hydrogen) atoms. The van der Waals surface area contributed by atoms with Crippen molar-refractivity contribution in [2.75, 3.05) is 6.61 Å². The number of carbonyl (C=O) groups excluding carboxylic acids is 1. The van der Waals surface area contributed by atoms with E-state index in [1.54, 1.807) is 18.2 Å². The van der Waals surface area contributed by atoms with E-state index in [9.17, 15) is 17.8 Å². The maximum atomic E-state index is 11.5. The fraction of sp³-hybridized carbons (Fsp3) is 0.143. The largest absolute Gasteiger partial charge is 1.00 e. The zero-order valence-electron chi connectivity index (χ0n) is 13.1. The fourth-order valence-electron chi connectivity index (χ4n) is 1.59. The van der Waals surface area contributed by atoms with Crippen LogP contribution in [0, 0.1) is 6.92 Å². The second-order valence-corrected chi connectivity index (χ2v) is 5.82. The third-order valence-corrected chi connectivity index (χ3v) is 3.30. The van der Waals surface area contributed by atoms with Crippen LogP contribution in [0.25, 0.3) is 0 Å². The van der Waals surface area contributed by atoms with E-state index in [1.807, 2.05) is 13.0 Å². The van der Waals surface area contributed by atoms with Gasteiger partial charge in [0.1, 0.15) is 11.5 Å². The maximum absolute atomic E-state index is 11.5. The Bertz CT molecular complexity index is 831. The first-order valence-corrected chi connectivity index (χ1v) is 7.82. The Morgan fingerprint density at radius 3 is 2.75 bits per heavy atom. The first-order chi connectivity index (χ1) is 10.8. The van der Waals surface area contributed by atoms with Gasteiger partial charge in [-0.05, 0) is 36.8 Å². The van der Waals surface area contributed by atoms with Crippen molar-refractivity contribution in [3.05, 3.63) is 47.7 Å². The van der Waals surface area contributed by atoms with Gasteiger partial charge < -0.3 is 13.7 Å². The summed E-state index contributed by atoms with van der Waals surface area (Å²) in [5.41, 5.74) is 3.18. The van der Waals surface area contributed by atoms with Crippen LogP contribution in [0.4, 0.5) is 0 Å². The van der Waals surface area contributed by atoms with E-state index in [0.717, 1.165) is 17.8 Å². The van der Waals surface area contributed by atoms with Crippen molar-refractivity contribution in [1.82, 2.24) is 5.43 Å². The second kappa shape index (κ2) is 9.00. The number of hydrazone groups is 1. The summed E-state index contributed by atoms with van der Waals surface area (Å²) in [6, 6.07) is 9.45. The quantitative estimate of drug-likeness (QED) is 0.276. The molecule has 0 unspecified atom stereocenters. The molecule has 1 N–H and O–H groups in total. The Hall–Kier alpha value is -1.65. The molecule has 0 spiro atoms. The maximum Gasteiger partial charge on any atom is 1.00 e. The molecule has 0 saturated carbocycles. The molecule has 0 radical (unpaired) electrons. The molecule has 0 atom stereocenters. The summed E-state index contributed by atoms with van der Waals surface area (Å²) in [6.07, 6.45) is 1.07. The second-order valence-electron chi connectivity index (χ2n) is 4.51. The van der Waals surface area contributed by atoms with E-state index < -0.39 is 21.1 Å². The minimum Gasteiger partial charge on any atom is -0.742 e. The first kappa shape index (κ1) is 20.4. The Kier molecular flexibility index (Phi) is 7.64. The molecule has 2 aromatic rings. The van der Waals surface area contributed by atoms with Crippen molar-refractivity contribution < 1.29 is 56.5 Å². The number of amides is 1. The molecule has 1 aromatic heterocycles. The van der Waals surface area contributed by atoms with Gasteiger partial charge in [-0.3, -0.25) is 4.79 Å². The van der Waals surface area contributed by atoms with Gasteiger partial charge in [0.05, 0.1) is 6.21 Å². The molecule has 122 valence electrons. The van der Waals surface area contributed by atoms with E-state index >= 15 is 0 Å². The molecule has 1 aromatic carbocycles. The van der Waals surface area contributed by atoms with Crippen molar-refractivity contribution in [2.45, 2.75) is 12.0 Å². The average Bonchev–Trinajstić information content (AvgIpc) is 2.94. The van der Waals surface area contributed by atoms with Crippen LogP contribution in [0.5, 0.6) is 5.75 Å². The van der Waals surface area contributed by atoms with Gasteiger partial charge in [0, 0.05) is 0 Å². The Labute approximate surface area is 160 Å². The number of hydrogen-bond acceptors (Lipinski definition) is 7. The van der Waals surface area contributed by atoms with E-state index in [-0.39, 0.29) is 41.9 Å². The Morgan fingerprint density at radius 2 is 2.12 bits per heavy atom. The fourth-order valence-corrected chi connectivity index (χ4v) is 2.03. The van der Waals surface area contributed by atoms with Crippen molar-refractivity contribution >= 4 is 22.2 Å². The smallest absolute Gasteiger partial charge is 0.742 e. The summed E-state index contributed by atoms with van der Waals surface area (Å²) in [5, 5.41) is 2.86. The molecular formula is C14H13N2NaO6S.